The van der Waals surface area contributed by atoms with Gasteiger partial charge in [0.2, 0.25) is 18.6 Å². The molecule has 0 aliphatic carbocycles. The Hall–Kier alpha value is -3.36. The van der Waals surface area contributed by atoms with E-state index >= 15 is 0 Å². The van der Waals surface area contributed by atoms with Crippen molar-refractivity contribution in [3.05, 3.63) is 36.3 Å². The molecular weight excluding hydrogens is 386 g/mol. The van der Waals surface area contributed by atoms with Crippen molar-refractivity contribution in [2.45, 2.75) is 13.3 Å². The first-order chi connectivity index (χ1) is 14.6. The molecule has 3 aliphatic rings. The summed E-state index contributed by atoms with van der Waals surface area (Å²) in [6.45, 7) is 5.20. The summed E-state index contributed by atoms with van der Waals surface area (Å²) in [7, 11) is 0. The van der Waals surface area contributed by atoms with Gasteiger partial charge in [-0.1, -0.05) is 0 Å². The van der Waals surface area contributed by atoms with Crippen molar-refractivity contribution >= 4 is 23.3 Å². The zero-order chi connectivity index (χ0) is 20.7. The van der Waals surface area contributed by atoms with Gasteiger partial charge in [-0.15, -0.1) is 0 Å². The van der Waals surface area contributed by atoms with Crippen LogP contribution >= 0.6 is 0 Å². The molecule has 1 atom stereocenters. The first-order valence-electron chi connectivity index (χ1n) is 10.1. The van der Waals surface area contributed by atoms with E-state index in [-0.39, 0.29) is 30.9 Å². The Morgan fingerprint density at radius 1 is 1.07 bits per heavy atom. The Morgan fingerprint density at radius 2 is 1.87 bits per heavy atom. The van der Waals surface area contributed by atoms with Gasteiger partial charge in [0.25, 0.3) is 0 Å². The number of ether oxygens (including phenoxy) is 2. The number of anilines is 2. The van der Waals surface area contributed by atoms with Crippen LogP contribution in [0.4, 0.5) is 11.5 Å². The summed E-state index contributed by atoms with van der Waals surface area (Å²) in [6.07, 6.45) is 1.80. The standard InChI is InChI=1S/C21H23N5O4/c1-14-8-19(23-12-22-14)24-4-6-25(7-5-24)21(28)15-9-20(27)26(11-15)16-2-3-17-18(10-16)30-13-29-17/h2-3,8,10,12,15H,4-7,9,11,13H2,1H3. The van der Waals surface area contributed by atoms with Crippen LogP contribution < -0.4 is 19.3 Å². The van der Waals surface area contributed by atoms with Crippen LogP contribution in [0.1, 0.15) is 12.1 Å². The highest BCUT2D eigenvalue weighted by Crippen LogP contribution is 2.37. The van der Waals surface area contributed by atoms with E-state index < -0.39 is 0 Å². The maximum absolute atomic E-state index is 13.1. The van der Waals surface area contributed by atoms with Crippen LogP contribution in [0.2, 0.25) is 0 Å². The lowest BCUT2D eigenvalue weighted by atomic mass is 10.1. The lowest BCUT2D eigenvalue weighted by molar-refractivity contribution is -0.136. The molecule has 30 heavy (non-hydrogen) atoms. The van der Waals surface area contributed by atoms with Crippen LogP contribution in [0.3, 0.4) is 0 Å². The molecule has 9 heteroatoms. The number of hydrogen-bond acceptors (Lipinski definition) is 7. The normalized spacial score (nSPS) is 20.8. The predicted octanol–water partition coefficient (Wildman–Crippen LogP) is 1.22. The molecule has 0 spiro atoms. The fraction of sp³-hybridized carbons (Fsp3) is 0.429. The average Bonchev–Trinajstić information content (AvgIpc) is 3.39. The van der Waals surface area contributed by atoms with E-state index in [0.29, 0.717) is 44.2 Å². The smallest absolute Gasteiger partial charge is 0.231 e. The number of fused-ring (bicyclic) bond motifs is 1. The van der Waals surface area contributed by atoms with Gasteiger partial charge >= 0.3 is 0 Å². The number of benzene rings is 1. The Balaban J connectivity index is 1.22. The highest BCUT2D eigenvalue weighted by molar-refractivity contribution is 6.00. The molecule has 1 aromatic carbocycles. The highest BCUT2D eigenvalue weighted by Gasteiger charge is 2.38. The fourth-order valence-electron chi connectivity index (χ4n) is 4.20. The second kappa shape index (κ2) is 7.47. The first-order valence-corrected chi connectivity index (χ1v) is 10.1. The summed E-state index contributed by atoms with van der Waals surface area (Å²) in [4.78, 5) is 39.8. The zero-order valence-electron chi connectivity index (χ0n) is 16.8. The molecule has 0 bridgehead atoms. The van der Waals surface area contributed by atoms with E-state index in [0.717, 1.165) is 17.2 Å². The molecule has 0 radical (unpaired) electrons. The third-order valence-electron chi connectivity index (χ3n) is 5.85. The molecule has 2 fully saturated rings. The van der Waals surface area contributed by atoms with Crippen LogP contribution in [0.25, 0.3) is 0 Å². The van der Waals surface area contributed by atoms with Gasteiger partial charge in [0, 0.05) is 62.7 Å². The third-order valence-corrected chi connectivity index (χ3v) is 5.85. The van der Waals surface area contributed by atoms with E-state index in [1.54, 1.807) is 23.4 Å². The Kier molecular flexibility index (Phi) is 4.65. The molecule has 3 aliphatic heterocycles. The van der Waals surface area contributed by atoms with Crippen molar-refractivity contribution in [2.24, 2.45) is 5.92 Å². The van der Waals surface area contributed by atoms with Gasteiger partial charge < -0.3 is 24.2 Å². The largest absolute Gasteiger partial charge is 0.454 e. The second-order valence-electron chi connectivity index (χ2n) is 7.77. The molecule has 4 heterocycles. The number of aromatic nitrogens is 2. The van der Waals surface area contributed by atoms with E-state index in [1.165, 1.54) is 0 Å². The first kappa shape index (κ1) is 18.7. The van der Waals surface area contributed by atoms with Gasteiger partial charge in [0.1, 0.15) is 12.1 Å². The average molecular weight is 409 g/mol. The third kappa shape index (κ3) is 3.40. The maximum Gasteiger partial charge on any atom is 0.231 e. The van der Waals surface area contributed by atoms with Crippen molar-refractivity contribution in [3.8, 4) is 11.5 Å². The van der Waals surface area contributed by atoms with E-state index in [2.05, 4.69) is 14.9 Å². The number of amides is 2. The molecule has 0 N–H and O–H groups in total. The number of rotatable bonds is 3. The molecule has 1 aromatic heterocycles. The Labute approximate surface area is 174 Å². The summed E-state index contributed by atoms with van der Waals surface area (Å²) in [6, 6.07) is 7.39. The Morgan fingerprint density at radius 3 is 2.67 bits per heavy atom. The second-order valence-corrected chi connectivity index (χ2v) is 7.77. The van der Waals surface area contributed by atoms with Gasteiger partial charge in [0.15, 0.2) is 11.5 Å². The van der Waals surface area contributed by atoms with Crippen LogP contribution in [0.15, 0.2) is 30.6 Å². The van der Waals surface area contributed by atoms with Crippen molar-refractivity contribution in [1.82, 2.24) is 14.9 Å². The number of aryl methyl sites for hydroxylation is 1. The lowest BCUT2D eigenvalue weighted by Crippen LogP contribution is -2.51. The monoisotopic (exact) mass is 409 g/mol. The zero-order valence-corrected chi connectivity index (χ0v) is 16.8. The molecule has 0 saturated carbocycles. The van der Waals surface area contributed by atoms with Crippen molar-refractivity contribution in [2.75, 3.05) is 49.3 Å². The number of carbonyl (C=O) groups is 2. The number of piperazine rings is 1. The summed E-state index contributed by atoms with van der Waals surface area (Å²) >= 11 is 0. The van der Waals surface area contributed by atoms with Crippen LogP contribution in [-0.2, 0) is 9.59 Å². The quantitative estimate of drug-likeness (QED) is 0.753. The maximum atomic E-state index is 13.1. The van der Waals surface area contributed by atoms with Gasteiger partial charge in [-0.2, -0.15) is 0 Å². The van der Waals surface area contributed by atoms with Crippen LogP contribution in [0.5, 0.6) is 11.5 Å². The van der Waals surface area contributed by atoms with Crippen molar-refractivity contribution < 1.29 is 19.1 Å². The SMILES string of the molecule is Cc1cc(N2CCN(C(=O)C3CC(=O)N(c4ccc5c(c4)OCO5)C3)CC2)ncn1. The minimum atomic E-state index is -0.323. The summed E-state index contributed by atoms with van der Waals surface area (Å²) in [5.74, 6) is 1.88. The molecule has 156 valence electrons. The minimum Gasteiger partial charge on any atom is -0.454 e. The van der Waals surface area contributed by atoms with Gasteiger partial charge in [-0.05, 0) is 19.1 Å². The summed E-state index contributed by atoms with van der Waals surface area (Å²) < 4.78 is 10.7. The van der Waals surface area contributed by atoms with E-state index in [1.807, 2.05) is 24.0 Å². The van der Waals surface area contributed by atoms with Crippen LogP contribution in [-0.4, -0.2) is 66.2 Å². The van der Waals surface area contributed by atoms with Gasteiger partial charge in [-0.25, -0.2) is 9.97 Å². The minimum absolute atomic E-state index is 0.0395. The van der Waals surface area contributed by atoms with Gasteiger partial charge in [0.05, 0.1) is 5.92 Å². The molecular formula is C21H23N5O4. The number of nitrogens with zero attached hydrogens (tertiary/aromatic N) is 5. The fourth-order valence-corrected chi connectivity index (χ4v) is 4.20. The van der Waals surface area contributed by atoms with Gasteiger partial charge in [-0.3, -0.25) is 9.59 Å². The molecule has 2 aromatic rings. The topological polar surface area (TPSA) is 88.1 Å². The molecule has 2 amide bonds. The van der Waals surface area contributed by atoms with Crippen molar-refractivity contribution in [3.63, 3.8) is 0 Å². The molecule has 1 unspecified atom stereocenters. The lowest BCUT2D eigenvalue weighted by Gasteiger charge is -2.36. The van der Waals surface area contributed by atoms with Crippen molar-refractivity contribution in [1.29, 1.82) is 0 Å². The number of hydrogen-bond donors (Lipinski definition) is 0. The van der Waals surface area contributed by atoms with Crippen LogP contribution in [0, 0.1) is 12.8 Å². The van der Waals surface area contributed by atoms with E-state index in [4.69, 9.17) is 9.47 Å². The van der Waals surface area contributed by atoms with E-state index in [9.17, 15) is 9.59 Å². The predicted molar refractivity (Wildman–Crippen MR) is 109 cm³/mol. The number of carbonyl (C=O) groups excluding carboxylic acids is 2. The molecule has 2 saturated heterocycles. The molecule has 5 rings (SSSR count). The Bertz CT molecular complexity index is 989. The summed E-state index contributed by atoms with van der Waals surface area (Å²) in [5.41, 5.74) is 1.66. The highest BCUT2D eigenvalue weighted by atomic mass is 16.7. The molecule has 9 nitrogen and oxygen atoms in total. The summed E-state index contributed by atoms with van der Waals surface area (Å²) in [5, 5.41) is 0.